The van der Waals surface area contributed by atoms with Crippen molar-refractivity contribution in [2.24, 2.45) is 0 Å². The number of benzene rings is 4. The molecule has 0 aliphatic rings. The van der Waals surface area contributed by atoms with Crippen molar-refractivity contribution in [1.82, 2.24) is 10.2 Å². The zero-order valence-electron chi connectivity index (χ0n) is 21.6. The van der Waals surface area contributed by atoms with Crippen LogP contribution in [-0.4, -0.2) is 35.9 Å². The smallest absolute Gasteiger partial charge is 0.261 e. The first-order valence-corrected chi connectivity index (χ1v) is 13.8. The monoisotopic (exact) mass is 572 g/mol. The van der Waals surface area contributed by atoms with E-state index in [0.29, 0.717) is 18.7 Å². The minimum Gasteiger partial charge on any atom is -0.483 e. The fourth-order valence-corrected chi connectivity index (χ4v) is 4.88. The van der Waals surface area contributed by atoms with E-state index in [1.807, 2.05) is 97.1 Å². The standard InChI is InChI=1S/C32H33BrN2O3/c1-2-3-19-34-32(37)29(21-24-11-5-4-6-12-24)35(22-25-13-9-16-27(33)20-25)31(36)23-38-30-18-10-15-26-14-7-8-17-28(26)30/h4-18,20,29H,2-3,19,21-23H2,1H3,(H,34,37). The number of unbranched alkanes of at least 4 members (excludes halogenated alkanes) is 1. The van der Waals surface area contributed by atoms with Gasteiger partial charge >= 0.3 is 0 Å². The van der Waals surface area contributed by atoms with E-state index in [0.717, 1.165) is 39.2 Å². The van der Waals surface area contributed by atoms with Crippen LogP contribution in [0.3, 0.4) is 0 Å². The highest BCUT2D eigenvalue weighted by molar-refractivity contribution is 9.10. The maximum atomic E-state index is 13.8. The Morgan fingerprint density at radius 1 is 0.895 bits per heavy atom. The highest BCUT2D eigenvalue weighted by atomic mass is 79.9. The minimum absolute atomic E-state index is 0.157. The Morgan fingerprint density at radius 3 is 2.39 bits per heavy atom. The molecule has 6 heteroatoms. The Balaban J connectivity index is 1.63. The zero-order valence-corrected chi connectivity index (χ0v) is 23.2. The van der Waals surface area contributed by atoms with Crippen molar-refractivity contribution in [3.8, 4) is 5.75 Å². The predicted molar refractivity (Wildman–Crippen MR) is 156 cm³/mol. The maximum Gasteiger partial charge on any atom is 0.261 e. The summed E-state index contributed by atoms with van der Waals surface area (Å²) >= 11 is 3.53. The molecule has 38 heavy (non-hydrogen) atoms. The molecule has 0 aliphatic heterocycles. The molecule has 0 aromatic heterocycles. The van der Waals surface area contributed by atoms with Crippen LogP contribution in [0.5, 0.6) is 5.75 Å². The summed E-state index contributed by atoms with van der Waals surface area (Å²) in [6, 6.07) is 30.7. The lowest BCUT2D eigenvalue weighted by molar-refractivity contribution is -0.142. The third kappa shape index (κ3) is 7.45. The van der Waals surface area contributed by atoms with Crippen molar-refractivity contribution < 1.29 is 14.3 Å². The lowest BCUT2D eigenvalue weighted by Crippen LogP contribution is -2.51. The third-order valence-corrected chi connectivity index (χ3v) is 6.94. The number of rotatable bonds is 12. The van der Waals surface area contributed by atoms with Gasteiger partial charge in [-0.05, 0) is 41.1 Å². The highest BCUT2D eigenvalue weighted by Crippen LogP contribution is 2.25. The minimum atomic E-state index is -0.683. The number of nitrogens with one attached hydrogen (secondary N) is 1. The maximum absolute atomic E-state index is 13.8. The molecule has 0 fully saturated rings. The van der Waals surface area contributed by atoms with Crippen LogP contribution >= 0.6 is 15.9 Å². The van der Waals surface area contributed by atoms with E-state index in [-0.39, 0.29) is 25.0 Å². The van der Waals surface area contributed by atoms with Gasteiger partial charge < -0.3 is 15.0 Å². The fourth-order valence-electron chi connectivity index (χ4n) is 4.44. The molecule has 1 N–H and O–H groups in total. The van der Waals surface area contributed by atoms with Gasteiger partial charge in [0, 0.05) is 29.4 Å². The molecule has 4 aromatic rings. The van der Waals surface area contributed by atoms with E-state index >= 15 is 0 Å². The Labute approximate surface area is 232 Å². The van der Waals surface area contributed by atoms with Crippen molar-refractivity contribution in [1.29, 1.82) is 0 Å². The quantitative estimate of drug-likeness (QED) is 0.196. The number of nitrogens with zero attached hydrogens (tertiary/aromatic N) is 1. The first-order chi connectivity index (χ1) is 18.5. The van der Waals surface area contributed by atoms with Gasteiger partial charge in [-0.25, -0.2) is 0 Å². The second kappa shape index (κ2) is 13.8. The van der Waals surface area contributed by atoms with Crippen LogP contribution in [0.15, 0.2) is 102 Å². The van der Waals surface area contributed by atoms with Gasteiger partial charge in [0.25, 0.3) is 5.91 Å². The molecule has 0 saturated carbocycles. The van der Waals surface area contributed by atoms with Crippen molar-refractivity contribution in [3.05, 3.63) is 113 Å². The average Bonchev–Trinajstić information content (AvgIpc) is 2.94. The summed E-state index contributed by atoms with van der Waals surface area (Å²) < 4.78 is 6.99. The zero-order chi connectivity index (χ0) is 26.7. The second-order valence-corrected chi connectivity index (χ2v) is 10.2. The molecule has 4 rings (SSSR count). The Hall–Kier alpha value is -3.64. The number of hydrogen-bond acceptors (Lipinski definition) is 3. The Morgan fingerprint density at radius 2 is 1.61 bits per heavy atom. The number of carbonyl (C=O) groups excluding carboxylic acids is 2. The predicted octanol–water partition coefficient (Wildman–Crippen LogP) is 6.54. The normalized spacial score (nSPS) is 11.6. The number of hydrogen-bond donors (Lipinski definition) is 1. The number of halogens is 1. The van der Waals surface area contributed by atoms with Gasteiger partial charge in [-0.15, -0.1) is 0 Å². The molecule has 0 saturated heterocycles. The van der Waals surface area contributed by atoms with Crippen LogP contribution < -0.4 is 10.1 Å². The molecule has 2 amide bonds. The van der Waals surface area contributed by atoms with Crippen molar-refractivity contribution in [2.75, 3.05) is 13.2 Å². The molecule has 1 atom stereocenters. The topological polar surface area (TPSA) is 58.6 Å². The summed E-state index contributed by atoms with van der Waals surface area (Å²) in [7, 11) is 0. The number of ether oxygens (including phenoxy) is 1. The molecule has 1 unspecified atom stereocenters. The summed E-state index contributed by atoms with van der Waals surface area (Å²) in [5, 5.41) is 5.04. The van der Waals surface area contributed by atoms with E-state index < -0.39 is 6.04 Å². The lowest BCUT2D eigenvalue weighted by atomic mass is 10.0. The summed E-state index contributed by atoms with van der Waals surface area (Å²) in [6.45, 7) is 2.78. The van der Waals surface area contributed by atoms with Gasteiger partial charge in [-0.2, -0.15) is 0 Å². The van der Waals surface area contributed by atoms with Gasteiger partial charge in [0.05, 0.1) is 0 Å². The molecule has 5 nitrogen and oxygen atoms in total. The summed E-state index contributed by atoms with van der Waals surface area (Å²) in [4.78, 5) is 29.0. The molecule has 0 bridgehead atoms. The molecule has 4 aromatic carbocycles. The molecule has 0 heterocycles. The molecular weight excluding hydrogens is 540 g/mol. The third-order valence-electron chi connectivity index (χ3n) is 6.44. The van der Waals surface area contributed by atoms with E-state index in [4.69, 9.17) is 4.74 Å². The van der Waals surface area contributed by atoms with Gasteiger partial charge in [0.1, 0.15) is 11.8 Å². The molecule has 0 spiro atoms. The molecule has 0 aliphatic carbocycles. The van der Waals surface area contributed by atoms with E-state index in [1.165, 1.54) is 0 Å². The van der Waals surface area contributed by atoms with Crippen molar-refractivity contribution >= 4 is 38.5 Å². The van der Waals surface area contributed by atoms with Gasteiger partial charge in [0.2, 0.25) is 5.91 Å². The number of fused-ring (bicyclic) bond motifs is 1. The van der Waals surface area contributed by atoms with Crippen LogP contribution in [0, 0.1) is 0 Å². The summed E-state index contributed by atoms with van der Waals surface area (Å²) in [6.07, 6.45) is 2.27. The lowest BCUT2D eigenvalue weighted by Gasteiger charge is -2.31. The van der Waals surface area contributed by atoms with Gasteiger partial charge in [0.15, 0.2) is 6.61 Å². The second-order valence-electron chi connectivity index (χ2n) is 9.27. The number of amides is 2. The largest absolute Gasteiger partial charge is 0.483 e. The first-order valence-electron chi connectivity index (χ1n) is 13.0. The highest BCUT2D eigenvalue weighted by Gasteiger charge is 2.30. The first kappa shape index (κ1) is 27.4. The van der Waals surface area contributed by atoms with Crippen LogP contribution in [0.1, 0.15) is 30.9 Å². The summed E-state index contributed by atoms with van der Waals surface area (Å²) in [5.74, 6) is 0.242. The van der Waals surface area contributed by atoms with Crippen LogP contribution in [0.25, 0.3) is 10.8 Å². The van der Waals surface area contributed by atoms with E-state index in [2.05, 4.69) is 28.2 Å². The fraction of sp³-hybridized carbons (Fsp3) is 0.250. The molecule has 196 valence electrons. The van der Waals surface area contributed by atoms with Crippen LogP contribution in [0.2, 0.25) is 0 Å². The molecule has 0 radical (unpaired) electrons. The number of carbonyl (C=O) groups is 2. The molecular formula is C32H33BrN2O3. The SMILES string of the molecule is CCCCNC(=O)C(Cc1ccccc1)N(Cc1cccc(Br)c1)C(=O)COc1cccc2ccccc12. The average molecular weight is 574 g/mol. The Bertz CT molecular complexity index is 1350. The van der Waals surface area contributed by atoms with Crippen molar-refractivity contribution in [3.63, 3.8) is 0 Å². The van der Waals surface area contributed by atoms with Gasteiger partial charge in [-0.3, -0.25) is 9.59 Å². The van der Waals surface area contributed by atoms with Crippen LogP contribution in [0.4, 0.5) is 0 Å². The van der Waals surface area contributed by atoms with Crippen molar-refractivity contribution in [2.45, 2.75) is 38.8 Å². The Kier molecular flexibility index (Phi) is 9.93. The summed E-state index contributed by atoms with van der Waals surface area (Å²) in [5.41, 5.74) is 1.92. The van der Waals surface area contributed by atoms with Crippen LogP contribution in [-0.2, 0) is 22.6 Å². The van der Waals surface area contributed by atoms with E-state index in [9.17, 15) is 9.59 Å². The van der Waals surface area contributed by atoms with Gasteiger partial charge in [-0.1, -0.05) is 108 Å². The van der Waals surface area contributed by atoms with E-state index in [1.54, 1.807) is 4.90 Å².